The van der Waals surface area contributed by atoms with Crippen LogP contribution in [0.1, 0.15) is 50.7 Å². The maximum Gasteiger partial charge on any atom is 0.342 e. The molecule has 1 unspecified atom stereocenters. The molecule has 0 aromatic heterocycles. The van der Waals surface area contributed by atoms with Crippen molar-refractivity contribution in [3.8, 4) is 11.5 Å². The maximum absolute atomic E-state index is 13.6. The minimum atomic E-state index is -4.10. The van der Waals surface area contributed by atoms with E-state index in [1.165, 1.54) is 31.4 Å². The molecule has 0 fully saturated rings. The van der Waals surface area contributed by atoms with Crippen LogP contribution in [0.25, 0.3) is 0 Å². The molecule has 0 spiro atoms. The molecule has 170 valence electrons. The van der Waals surface area contributed by atoms with Gasteiger partial charge in [0.15, 0.2) is 9.84 Å². The lowest BCUT2D eigenvalue weighted by Crippen LogP contribution is -2.15. The second-order valence-electron chi connectivity index (χ2n) is 7.49. The van der Waals surface area contributed by atoms with E-state index in [1.807, 2.05) is 6.92 Å². The fourth-order valence-electron chi connectivity index (χ4n) is 3.70. The highest BCUT2D eigenvalue weighted by molar-refractivity contribution is 7.91. The molecular weight excluding hydrogens is 436 g/mol. The number of phenolic OH excluding ortho intramolecular Hbond substituents is 1. The van der Waals surface area contributed by atoms with Crippen molar-refractivity contribution in [2.24, 2.45) is 0 Å². The van der Waals surface area contributed by atoms with Crippen molar-refractivity contribution >= 4 is 21.8 Å². The van der Waals surface area contributed by atoms with Crippen LogP contribution in [0, 0.1) is 13.8 Å². The summed E-state index contributed by atoms with van der Waals surface area (Å²) in [7, 11) is -2.76. The van der Waals surface area contributed by atoms with Crippen molar-refractivity contribution in [3.05, 3.63) is 64.2 Å². The summed E-state index contributed by atoms with van der Waals surface area (Å²) in [6, 6.07) is 6.22. The van der Waals surface area contributed by atoms with Crippen LogP contribution < -0.4 is 4.74 Å². The van der Waals surface area contributed by atoms with Gasteiger partial charge < -0.3 is 19.7 Å². The molecule has 0 radical (unpaired) electrons. The van der Waals surface area contributed by atoms with Gasteiger partial charge in [0.1, 0.15) is 28.9 Å². The third-order valence-electron chi connectivity index (χ3n) is 5.39. The molecule has 8 nitrogen and oxygen atoms in total. The van der Waals surface area contributed by atoms with E-state index in [2.05, 4.69) is 0 Å². The molecule has 1 heterocycles. The molecule has 3 rings (SSSR count). The molecule has 0 saturated carbocycles. The van der Waals surface area contributed by atoms with Crippen molar-refractivity contribution < 1.29 is 37.7 Å². The normalized spacial score (nSPS) is 14.3. The highest BCUT2D eigenvalue weighted by Gasteiger charge is 2.38. The van der Waals surface area contributed by atoms with Gasteiger partial charge in [-0.2, -0.15) is 0 Å². The third kappa shape index (κ3) is 4.20. The molecule has 0 aliphatic carbocycles. The lowest BCUT2D eigenvalue weighted by molar-refractivity contribution is -0.136. The first-order valence-electron chi connectivity index (χ1n) is 9.88. The number of rotatable bonds is 8. The number of carboxylic acids is 1. The number of methoxy groups -OCH3 is 1. The summed E-state index contributed by atoms with van der Waals surface area (Å²) in [5, 5.41) is 18.5. The molecule has 0 bridgehead atoms. The van der Waals surface area contributed by atoms with E-state index in [-0.39, 0.29) is 41.2 Å². The first-order valence-corrected chi connectivity index (χ1v) is 11.4. The van der Waals surface area contributed by atoms with Crippen LogP contribution in [0.15, 0.2) is 41.3 Å². The Labute approximate surface area is 186 Å². The van der Waals surface area contributed by atoms with Crippen LogP contribution in [-0.4, -0.2) is 37.7 Å². The molecule has 1 aliphatic rings. The fraction of sp³-hybridized carbons (Fsp3) is 0.304. The first kappa shape index (κ1) is 23.3. The van der Waals surface area contributed by atoms with Gasteiger partial charge in [-0.1, -0.05) is 29.8 Å². The standard InChI is InChI=1S/C23H24O8S/c1-13-8-10-15(11-9-13)32(28,29)17(6-4-5-7-18(24)25)20-21(26)19-16(12-31-23(19)27)14(2)22(20)30-3/h4,6,8-11,17,26H,5,7,12H2,1-3H3,(H,24,25). The number of carbonyl (C=O) groups is 2. The predicted molar refractivity (Wildman–Crippen MR) is 116 cm³/mol. The van der Waals surface area contributed by atoms with Gasteiger partial charge >= 0.3 is 11.9 Å². The average molecular weight is 461 g/mol. The molecule has 1 aliphatic heterocycles. The summed E-state index contributed by atoms with van der Waals surface area (Å²) in [5.74, 6) is -2.16. The Morgan fingerprint density at radius 3 is 2.50 bits per heavy atom. The van der Waals surface area contributed by atoms with Crippen LogP contribution >= 0.6 is 0 Å². The fourth-order valence-corrected chi connectivity index (χ4v) is 5.36. The van der Waals surface area contributed by atoms with E-state index in [0.29, 0.717) is 11.1 Å². The monoisotopic (exact) mass is 460 g/mol. The largest absolute Gasteiger partial charge is 0.507 e. The maximum atomic E-state index is 13.6. The van der Waals surface area contributed by atoms with Gasteiger partial charge in [0, 0.05) is 12.0 Å². The highest BCUT2D eigenvalue weighted by atomic mass is 32.2. The van der Waals surface area contributed by atoms with Crippen LogP contribution in [0.5, 0.6) is 11.5 Å². The molecule has 0 saturated heterocycles. The van der Waals surface area contributed by atoms with E-state index in [1.54, 1.807) is 19.1 Å². The van der Waals surface area contributed by atoms with Crippen molar-refractivity contribution in [1.29, 1.82) is 0 Å². The number of cyclic esters (lactones) is 1. The van der Waals surface area contributed by atoms with E-state index in [0.717, 1.165) is 5.56 Å². The number of fused-ring (bicyclic) bond motifs is 1. The number of sulfone groups is 1. The molecule has 32 heavy (non-hydrogen) atoms. The molecule has 1 atom stereocenters. The van der Waals surface area contributed by atoms with Gasteiger partial charge in [-0.05, 0) is 38.0 Å². The molecular formula is C23H24O8S. The summed E-state index contributed by atoms with van der Waals surface area (Å²) in [6.07, 6.45) is 2.66. The number of allylic oxidation sites excluding steroid dienone is 1. The lowest BCUT2D eigenvalue weighted by Gasteiger charge is -2.22. The molecule has 2 aromatic rings. The van der Waals surface area contributed by atoms with Crippen LogP contribution in [0.2, 0.25) is 0 Å². The summed E-state index contributed by atoms with van der Waals surface area (Å²) in [6.45, 7) is 3.43. The van der Waals surface area contributed by atoms with E-state index >= 15 is 0 Å². The Morgan fingerprint density at radius 2 is 1.91 bits per heavy atom. The number of hydrogen-bond acceptors (Lipinski definition) is 7. The number of aromatic hydroxyl groups is 1. The second kappa shape index (κ2) is 9.04. The quantitative estimate of drug-likeness (QED) is 0.452. The van der Waals surface area contributed by atoms with Crippen LogP contribution in [0.3, 0.4) is 0 Å². The van der Waals surface area contributed by atoms with Gasteiger partial charge in [0.25, 0.3) is 0 Å². The van der Waals surface area contributed by atoms with Crippen molar-refractivity contribution in [3.63, 3.8) is 0 Å². The van der Waals surface area contributed by atoms with Crippen LogP contribution in [0.4, 0.5) is 0 Å². The smallest absolute Gasteiger partial charge is 0.342 e. The minimum Gasteiger partial charge on any atom is -0.507 e. The number of aliphatic carboxylic acids is 1. The first-order chi connectivity index (χ1) is 15.1. The molecule has 0 amide bonds. The Balaban J connectivity index is 2.25. The minimum absolute atomic E-state index is 0.0122. The Bertz CT molecular complexity index is 1190. The Hall–Kier alpha value is -3.33. The highest BCUT2D eigenvalue weighted by Crippen LogP contribution is 2.48. The van der Waals surface area contributed by atoms with Crippen molar-refractivity contribution in [1.82, 2.24) is 0 Å². The summed E-state index contributed by atoms with van der Waals surface area (Å²) >= 11 is 0. The number of benzene rings is 2. The number of hydrogen-bond donors (Lipinski definition) is 2. The van der Waals surface area contributed by atoms with E-state index in [4.69, 9.17) is 14.6 Å². The lowest BCUT2D eigenvalue weighted by atomic mass is 9.95. The van der Waals surface area contributed by atoms with Gasteiger partial charge in [-0.25, -0.2) is 13.2 Å². The van der Waals surface area contributed by atoms with Gasteiger partial charge in [-0.15, -0.1) is 0 Å². The zero-order valence-electron chi connectivity index (χ0n) is 17.9. The van der Waals surface area contributed by atoms with Gasteiger partial charge in [0.2, 0.25) is 0 Å². The number of esters is 1. The predicted octanol–water partition coefficient (Wildman–Crippen LogP) is 3.62. The molecule has 2 N–H and O–H groups in total. The molecule has 9 heteroatoms. The van der Waals surface area contributed by atoms with Crippen LogP contribution in [-0.2, 0) is 26.0 Å². The zero-order valence-corrected chi connectivity index (χ0v) is 18.7. The average Bonchev–Trinajstić information content (AvgIpc) is 3.13. The van der Waals surface area contributed by atoms with E-state index < -0.39 is 32.8 Å². The Morgan fingerprint density at radius 1 is 1.25 bits per heavy atom. The topological polar surface area (TPSA) is 127 Å². The van der Waals surface area contributed by atoms with Crippen molar-refractivity contribution in [2.45, 2.75) is 43.4 Å². The molecule has 2 aromatic carbocycles. The second-order valence-corrected chi connectivity index (χ2v) is 9.56. The SMILES string of the molecule is COc1c(C)c2c(c(O)c1C(C=CCCC(=O)O)S(=O)(=O)c1ccc(C)cc1)C(=O)OC2. The number of ether oxygens (including phenoxy) is 2. The summed E-state index contributed by atoms with van der Waals surface area (Å²) in [5.41, 5.74) is 1.63. The summed E-state index contributed by atoms with van der Waals surface area (Å²) in [4.78, 5) is 23.1. The van der Waals surface area contributed by atoms with E-state index in [9.17, 15) is 23.1 Å². The number of phenols is 1. The third-order valence-corrected chi connectivity index (χ3v) is 7.38. The number of carboxylic acid groups (broad SMARTS) is 1. The zero-order chi connectivity index (χ0) is 23.6. The van der Waals surface area contributed by atoms with Crippen molar-refractivity contribution in [2.75, 3.05) is 7.11 Å². The Kier molecular flexibility index (Phi) is 6.59. The number of aryl methyl sites for hydroxylation is 1. The summed E-state index contributed by atoms with van der Waals surface area (Å²) < 4.78 is 37.8. The number of carbonyl (C=O) groups excluding carboxylic acids is 1. The van der Waals surface area contributed by atoms with Gasteiger partial charge in [-0.3, -0.25) is 4.79 Å². The van der Waals surface area contributed by atoms with Gasteiger partial charge in [0.05, 0.1) is 17.6 Å².